The van der Waals surface area contributed by atoms with Crippen LogP contribution in [0, 0.1) is 0 Å². The topological polar surface area (TPSA) is 50.2 Å². The number of pyridine rings is 1. The van der Waals surface area contributed by atoms with Crippen molar-refractivity contribution in [1.82, 2.24) is 4.98 Å². The molecule has 1 aliphatic carbocycles. The number of fused-ring (bicyclic) bond motifs is 1. The molecule has 1 heterocycles. The molecule has 0 amide bonds. The Morgan fingerprint density at radius 1 is 1.21 bits per heavy atom. The number of allylic oxidation sites excluding steroid dienone is 1. The van der Waals surface area contributed by atoms with Crippen LogP contribution in [-0.2, 0) is 6.42 Å². The molecule has 3 rings (SSSR count). The number of carbonyl (C=O) groups excluding carboxylic acids is 1. The molecule has 19 heavy (non-hydrogen) atoms. The first-order valence-electron chi connectivity index (χ1n) is 5.72. The average molecular weight is 274 g/mol. The molecule has 0 fully saturated rings. The summed E-state index contributed by atoms with van der Waals surface area (Å²) in [5, 5.41) is 9.42. The number of ketones is 1. The molecule has 2 aromatic rings. The molecule has 1 N–H and O–H groups in total. The second-order valence-corrected chi connectivity index (χ2v) is 4.27. The molecule has 0 unspecified atom stereocenters. The van der Waals surface area contributed by atoms with Gasteiger partial charge in [-0.25, -0.2) is 0 Å². The fraction of sp³-hybridized carbons (Fsp3) is 0.0667. The summed E-state index contributed by atoms with van der Waals surface area (Å²) in [5.74, 6) is 0.219. The number of phenolic OH excluding ortho intramolecular Hbond substituents is 1. The predicted molar refractivity (Wildman–Crippen MR) is 75.6 cm³/mol. The summed E-state index contributed by atoms with van der Waals surface area (Å²) in [6.45, 7) is 0. The summed E-state index contributed by atoms with van der Waals surface area (Å²) in [6.07, 6.45) is 4.06. The van der Waals surface area contributed by atoms with Crippen LogP contribution in [0.1, 0.15) is 21.6 Å². The minimum Gasteiger partial charge on any atom is -0.508 e. The van der Waals surface area contributed by atoms with Gasteiger partial charge in [0.2, 0.25) is 0 Å². The molecule has 3 nitrogen and oxygen atoms in total. The number of hydrogen-bond donors (Lipinski definition) is 1. The van der Waals surface area contributed by atoms with Gasteiger partial charge in [0.25, 0.3) is 0 Å². The lowest BCUT2D eigenvalue weighted by Gasteiger charge is -1.95. The van der Waals surface area contributed by atoms with E-state index in [1.54, 1.807) is 30.5 Å². The number of aromatic hydroxyl groups is 1. The normalized spacial score (nSPS) is 15.2. The standard InChI is InChI=1S/C15H11NO2.ClH/c17-13-4-5-14-10(9-13)7-11(15(14)18)8-12-3-1-2-6-16-12;/h1-6,8-9,17H,7H2;1H/b11-8+;. The van der Waals surface area contributed by atoms with E-state index in [4.69, 9.17) is 0 Å². The highest BCUT2D eigenvalue weighted by atomic mass is 35.5. The molecule has 0 saturated heterocycles. The van der Waals surface area contributed by atoms with Crippen LogP contribution < -0.4 is 0 Å². The van der Waals surface area contributed by atoms with Crippen molar-refractivity contribution in [3.8, 4) is 5.75 Å². The van der Waals surface area contributed by atoms with E-state index in [1.165, 1.54) is 0 Å². The highest BCUT2D eigenvalue weighted by molar-refractivity contribution is 6.15. The van der Waals surface area contributed by atoms with Crippen LogP contribution in [0.2, 0.25) is 0 Å². The third-order valence-electron chi connectivity index (χ3n) is 3.02. The predicted octanol–water partition coefficient (Wildman–Crippen LogP) is 3.03. The van der Waals surface area contributed by atoms with E-state index in [0.717, 1.165) is 11.3 Å². The van der Waals surface area contributed by atoms with Crippen LogP contribution in [0.3, 0.4) is 0 Å². The van der Waals surface area contributed by atoms with Crippen molar-refractivity contribution in [2.45, 2.75) is 6.42 Å². The highest BCUT2D eigenvalue weighted by Crippen LogP contribution is 2.29. The van der Waals surface area contributed by atoms with Gasteiger partial charge < -0.3 is 5.11 Å². The van der Waals surface area contributed by atoms with Gasteiger partial charge in [0.15, 0.2) is 5.78 Å². The van der Waals surface area contributed by atoms with E-state index < -0.39 is 0 Å². The fourth-order valence-electron chi connectivity index (χ4n) is 2.16. The van der Waals surface area contributed by atoms with E-state index in [1.807, 2.05) is 18.2 Å². The summed E-state index contributed by atoms with van der Waals surface area (Å²) >= 11 is 0. The Hall–Kier alpha value is -2.13. The molecule has 0 aliphatic heterocycles. The third kappa shape index (κ3) is 2.51. The zero-order valence-corrected chi connectivity index (χ0v) is 10.9. The Kier molecular flexibility index (Phi) is 3.67. The highest BCUT2D eigenvalue weighted by Gasteiger charge is 2.24. The molecule has 4 heteroatoms. The van der Waals surface area contributed by atoms with Gasteiger partial charge in [-0.05, 0) is 42.0 Å². The Balaban J connectivity index is 0.00000133. The molecule has 0 atom stereocenters. The molecule has 1 aliphatic rings. The quantitative estimate of drug-likeness (QED) is 0.813. The van der Waals surface area contributed by atoms with Gasteiger partial charge >= 0.3 is 0 Å². The molecule has 1 aromatic carbocycles. The summed E-state index contributed by atoms with van der Waals surface area (Å²) < 4.78 is 0. The smallest absolute Gasteiger partial charge is 0.189 e. The van der Waals surface area contributed by atoms with Gasteiger partial charge in [-0.3, -0.25) is 9.78 Å². The maximum Gasteiger partial charge on any atom is 0.189 e. The number of phenols is 1. The first kappa shape index (κ1) is 13.3. The van der Waals surface area contributed by atoms with Crippen LogP contribution in [0.15, 0.2) is 48.2 Å². The lowest BCUT2D eigenvalue weighted by molar-refractivity contribution is 0.104. The maximum absolute atomic E-state index is 12.1. The van der Waals surface area contributed by atoms with Crippen LogP contribution >= 0.6 is 12.4 Å². The molecule has 0 bridgehead atoms. The summed E-state index contributed by atoms with van der Waals surface area (Å²) in [7, 11) is 0. The van der Waals surface area contributed by atoms with Gasteiger partial charge in [-0.2, -0.15) is 0 Å². The van der Waals surface area contributed by atoms with Gasteiger partial charge in [-0.15, -0.1) is 12.4 Å². The van der Waals surface area contributed by atoms with Crippen molar-refractivity contribution in [1.29, 1.82) is 0 Å². The number of rotatable bonds is 1. The van der Waals surface area contributed by atoms with Crippen molar-refractivity contribution >= 4 is 24.3 Å². The SMILES string of the molecule is Cl.O=C1/C(=C/c2ccccn2)Cc2cc(O)ccc21. The molecule has 0 radical (unpaired) electrons. The maximum atomic E-state index is 12.1. The zero-order valence-electron chi connectivity index (χ0n) is 10.0. The second kappa shape index (κ2) is 5.24. The van der Waals surface area contributed by atoms with E-state index in [-0.39, 0.29) is 23.9 Å². The first-order chi connectivity index (χ1) is 8.74. The van der Waals surface area contributed by atoms with Gasteiger partial charge in [0.1, 0.15) is 5.75 Å². The molecule has 96 valence electrons. The van der Waals surface area contributed by atoms with Gasteiger partial charge in [0, 0.05) is 23.8 Å². The number of benzene rings is 1. The van der Waals surface area contributed by atoms with Crippen LogP contribution in [-0.4, -0.2) is 15.9 Å². The van der Waals surface area contributed by atoms with Crippen LogP contribution in [0.4, 0.5) is 0 Å². The number of nitrogens with zero attached hydrogens (tertiary/aromatic N) is 1. The Bertz CT molecular complexity index is 650. The largest absolute Gasteiger partial charge is 0.508 e. The van der Waals surface area contributed by atoms with Crippen LogP contribution in [0.25, 0.3) is 6.08 Å². The van der Waals surface area contributed by atoms with E-state index in [2.05, 4.69) is 4.98 Å². The number of hydrogen-bond acceptors (Lipinski definition) is 3. The van der Waals surface area contributed by atoms with Crippen LogP contribution in [0.5, 0.6) is 5.75 Å². The van der Waals surface area contributed by atoms with Crippen molar-refractivity contribution in [2.24, 2.45) is 0 Å². The van der Waals surface area contributed by atoms with Crippen molar-refractivity contribution in [3.63, 3.8) is 0 Å². The van der Waals surface area contributed by atoms with E-state index in [9.17, 15) is 9.90 Å². The molecular formula is C15H12ClNO2. The monoisotopic (exact) mass is 273 g/mol. The second-order valence-electron chi connectivity index (χ2n) is 4.27. The number of Topliss-reactive ketones (excluding diaryl/α,β-unsaturated/α-hetero) is 1. The first-order valence-corrected chi connectivity index (χ1v) is 5.72. The van der Waals surface area contributed by atoms with Gasteiger partial charge in [-0.1, -0.05) is 6.07 Å². The number of carbonyl (C=O) groups is 1. The average Bonchev–Trinajstić information content (AvgIpc) is 2.67. The van der Waals surface area contributed by atoms with Crippen molar-refractivity contribution in [3.05, 3.63) is 65.0 Å². The minimum absolute atomic E-state index is 0. The fourth-order valence-corrected chi connectivity index (χ4v) is 2.16. The summed E-state index contributed by atoms with van der Waals surface area (Å²) in [4.78, 5) is 16.3. The van der Waals surface area contributed by atoms with Crippen molar-refractivity contribution in [2.75, 3.05) is 0 Å². The zero-order chi connectivity index (χ0) is 12.5. The van der Waals surface area contributed by atoms with E-state index >= 15 is 0 Å². The van der Waals surface area contributed by atoms with Crippen molar-refractivity contribution < 1.29 is 9.90 Å². The lowest BCUT2D eigenvalue weighted by atomic mass is 10.1. The molecule has 0 saturated carbocycles. The Labute approximate surface area is 117 Å². The van der Waals surface area contributed by atoms with E-state index in [0.29, 0.717) is 17.6 Å². The molecule has 0 spiro atoms. The number of halogens is 1. The van der Waals surface area contributed by atoms with Gasteiger partial charge in [0.05, 0.1) is 5.69 Å². The number of aromatic nitrogens is 1. The minimum atomic E-state index is 0. The Morgan fingerprint density at radius 3 is 2.79 bits per heavy atom. The Morgan fingerprint density at radius 2 is 2.05 bits per heavy atom. The molecular weight excluding hydrogens is 262 g/mol. The summed E-state index contributed by atoms with van der Waals surface area (Å²) in [5.41, 5.74) is 3.05. The lowest BCUT2D eigenvalue weighted by Crippen LogP contribution is -1.95. The summed E-state index contributed by atoms with van der Waals surface area (Å²) in [6, 6.07) is 10.4. The third-order valence-corrected chi connectivity index (χ3v) is 3.02. The molecule has 1 aromatic heterocycles.